The normalized spacial score (nSPS) is 11.5. The lowest BCUT2D eigenvalue weighted by molar-refractivity contribution is -0.138. The number of amides is 1. The van der Waals surface area contributed by atoms with E-state index in [1.165, 1.54) is 41.5 Å². The maximum atomic E-state index is 12.9. The number of nitrogens with zero attached hydrogens (tertiary/aromatic N) is 1. The summed E-state index contributed by atoms with van der Waals surface area (Å²) in [5, 5.41) is 1.74. The molecule has 2 rings (SSSR count). The summed E-state index contributed by atoms with van der Waals surface area (Å²) >= 11 is 4.50. The predicted molar refractivity (Wildman–Crippen MR) is 79.3 cm³/mol. The van der Waals surface area contributed by atoms with Crippen molar-refractivity contribution in [3.8, 4) is 0 Å². The number of carbonyl (C=O) groups excluding carboxylic acids is 1. The average molecular weight is 378 g/mol. The Labute approximate surface area is 132 Å². The first-order valence-electron chi connectivity index (χ1n) is 5.94. The van der Waals surface area contributed by atoms with Crippen LogP contribution in [0.2, 0.25) is 0 Å². The zero-order valence-electron chi connectivity index (χ0n) is 10.9. The molecule has 0 aliphatic heterocycles. The summed E-state index contributed by atoms with van der Waals surface area (Å²) < 4.78 is 39.4. The third-order valence-electron chi connectivity index (χ3n) is 2.89. The summed E-state index contributed by atoms with van der Waals surface area (Å²) in [4.78, 5) is 14.0. The lowest BCUT2D eigenvalue weighted by Crippen LogP contribution is -2.27. The molecule has 0 unspecified atom stereocenters. The second-order valence-corrected chi connectivity index (χ2v) is 6.18. The van der Waals surface area contributed by atoms with E-state index in [0.29, 0.717) is 9.35 Å². The van der Waals surface area contributed by atoms with Gasteiger partial charge in [0.15, 0.2) is 0 Å². The highest BCUT2D eigenvalue weighted by Gasteiger charge is 2.33. The second kappa shape index (κ2) is 6.19. The SMILES string of the molecule is CN(Cc1ccccc1C(F)(F)F)C(=O)c1sccc1Br. The largest absolute Gasteiger partial charge is 0.416 e. The van der Waals surface area contributed by atoms with E-state index in [1.54, 1.807) is 11.4 Å². The summed E-state index contributed by atoms with van der Waals surface area (Å²) in [6, 6.07) is 7.01. The van der Waals surface area contributed by atoms with Crippen molar-refractivity contribution in [3.05, 3.63) is 56.2 Å². The summed E-state index contributed by atoms with van der Waals surface area (Å²) in [7, 11) is 1.49. The van der Waals surface area contributed by atoms with Gasteiger partial charge in [-0.3, -0.25) is 4.79 Å². The highest BCUT2D eigenvalue weighted by molar-refractivity contribution is 9.10. The van der Waals surface area contributed by atoms with Crippen molar-refractivity contribution in [3.63, 3.8) is 0 Å². The van der Waals surface area contributed by atoms with Gasteiger partial charge >= 0.3 is 6.18 Å². The molecular weight excluding hydrogens is 367 g/mol. The molecule has 1 heterocycles. The van der Waals surface area contributed by atoms with E-state index in [0.717, 1.165) is 6.07 Å². The molecule has 7 heteroatoms. The lowest BCUT2D eigenvalue weighted by Gasteiger charge is -2.20. The van der Waals surface area contributed by atoms with E-state index in [1.807, 2.05) is 0 Å². The molecule has 1 aromatic carbocycles. The Hall–Kier alpha value is -1.34. The molecule has 21 heavy (non-hydrogen) atoms. The van der Waals surface area contributed by atoms with Crippen molar-refractivity contribution in [2.24, 2.45) is 0 Å². The Kier molecular flexibility index (Phi) is 4.73. The average Bonchev–Trinajstić information content (AvgIpc) is 2.83. The molecule has 0 N–H and O–H groups in total. The van der Waals surface area contributed by atoms with Gasteiger partial charge in [-0.05, 0) is 39.0 Å². The molecule has 0 bridgehead atoms. The smallest absolute Gasteiger partial charge is 0.337 e. The minimum atomic E-state index is -4.43. The number of thiophene rings is 1. The van der Waals surface area contributed by atoms with Crippen LogP contribution in [0.25, 0.3) is 0 Å². The van der Waals surface area contributed by atoms with Crippen LogP contribution in [0.1, 0.15) is 20.8 Å². The Bertz CT molecular complexity index is 654. The van der Waals surface area contributed by atoms with Crippen molar-refractivity contribution >= 4 is 33.2 Å². The van der Waals surface area contributed by atoms with Crippen LogP contribution < -0.4 is 0 Å². The molecule has 0 saturated heterocycles. The number of carbonyl (C=O) groups is 1. The molecule has 0 aliphatic carbocycles. The van der Waals surface area contributed by atoms with Crippen LogP contribution in [0, 0.1) is 0 Å². The Morgan fingerprint density at radius 3 is 2.52 bits per heavy atom. The van der Waals surface area contributed by atoms with Crippen molar-refractivity contribution in [1.29, 1.82) is 0 Å². The van der Waals surface area contributed by atoms with E-state index in [-0.39, 0.29) is 18.0 Å². The van der Waals surface area contributed by atoms with Crippen LogP contribution in [0.15, 0.2) is 40.2 Å². The van der Waals surface area contributed by atoms with Crippen LogP contribution in [0.4, 0.5) is 13.2 Å². The van der Waals surface area contributed by atoms with E-state index < -0.39 is 11.7 Å². The third kappa shape index (κ3) is 3.65. The van der Waals surface area contributed by atoms with Gasteiger partial charge < -0.3 is 4.90 Å². The zero-order valence-corrected chi connectivity index (χ0v) is 13.3. The Balaban J connectivity index is 2.23. The lowest BCUT2D eigenvalue weighted by atomic mass is 10.1. The van der Waals surface area contributed by atoms with Crippen molar-refractivity contribution in [2.45, 2.75) is 12.7 Å². The van der Waals surface area contributed by atoms with E-state index in [2.05, 4.69) is 15.9 Å². The first kappa shape index (κ1) is 16.0. The van der Waals surface area contributed by atoms with Gasteiger partial charge in [-0.1, -0.05) is 18.2 Å². The van der Waals surface area contributed by atoms with E-state index >= 15 is 0 Å². The van der Waals surface area contributed by atoms with Crippen molar-refractivity contribution in [1.82, 2.24) is 4.90 Å². The second-order valence-electron chi connectivity index (χ2n) is 4.41. The molecule has 0 spiro atoms. The van der Waals surface area contributed by atoms with Gasteiger partial charge in [0.05, 0.1) is 5.56 Å². The summed E-state index contributed by atoms with van der Waals surface area (Å²) in [6.45, 7) is -0.0984. The molecule has 1 amide bonds. The minimum Gasteiger partial charge on any atom is -0.337 e. The van der Waals surface area contributed by atoms with Crippen LogP contribution >= 0.6 is 27.3 Å². The minimum absolute atomic E-state index is 0.0773. The predicted octanol–water partition coefficient (Wildman–Crippen LogP) is 4.80. The van der Waals surface area contributed by atoms with Gasteiger partial charge in [0.25, 0.3) is 5.91 Å². The molecule has 2 aromatic rings. The molecule has 1 aromatic heterocycles. The standard InChI is InChI=1S/C14H11BrF3NOS/c1-19(13(20)12-11(15)6-7-21-12)8-9-4-2-3-5-10(9)14(16,17)18/h2-7H,8H2,1H3. The van der Waals surface area contributed by atoms with Crippen molar-refractivity contribution in [2.75, 3.05) is 7.05 Å². The molecular formula is C14H11BrF3NOS. The number of alkyl halides is 3. The van der Waals surface area contributed by atoms with Gasteiger partial charge in [-0.25, -0.2) is 0 Å². The molecule has 2 nitrogen and oxygen atoms in total. The summed E-state index contributed by atoms with van der Waals surface area (Å²) in [5.74, 6) is -0.311. The van der Waals surface area contributed by atoms with E-state index in [4.69, 9.17) is 0 Å². The third-order valence-corrected chi connectivity index (χ3v) is 4.71. The maximum Gasteiger partial charge on any atom is 0.416 e. The van der Waals surface area contributed by atoms with Gasteiger partial charge in [-0.2, -0.15) is 13.2 Å². The highest BCUT2D eigenvalue weighted by Crippen LogP contribution is 2.32. The van der Waals surface area contributed by atoms with Crippen LogP contribution in [0.3, 0.4) is 0 Å². The summed E-state index contributed by atoms with van der Waals surface area (Å²) in [6.07, 6.45) is -4.43. The van der Waals surface area contributed by atoms with Gasteiger partial charge in [0.2, 0.25) is 0 Å². The number of rotatable bonds is 3. The van der Waals surface area contributed by atoms with Crippen LogP contribution in [-0.2, 0) is 12.7 Å². The molecule has 0 atom stereocenters. The zero-order chi connectivity index (χ0) is 15.6. The maximum absolute atomic E-state index is 12.9. The fourth-order valence-electron chi connectivity index (χ4n) is 1.88. The van der Waals surface area contributed by atoms with Gasteiger partial charge in [0.1, 0.15) is 4.88 Å². The molecule has 0 saturated carbocycles. The van der Waals surface area contributed by atoms with Gasteiger partial charge in [0, 0.05) is 18.1 Å². The molecule has 0 radical (unpaired) electrons. The first-order chi connectivity index (χ1) is 9.80. The molecule has 0 fully saturated rings. The fraction of sp³-hybridized carbons (Fsp3) is 0.214. The Morgan fingerprint density at radius 2 is 1.95 bits per heavy atom. The number of hydrogen-bond donors (Lipinski definition) is 0. The fourth-order valence-corrected chi connectivity index (χ4v) is 3.42. The molecule has 0 aliphatic rings. The van der Waals surface area contributed by atoms with Crippen LogP contribution in [-0.4, -0.2) is 17.9 Å². The quantitative estimate of drug-likeness (QED) is 0.751. The Morgan fingerprint density at radius 1 is 1.29 bits per heavy atom. The number of halogens is 4. The topological polar surface area (TPSA) is 20.3 Å². The highest BCUT2D eigenvalue weighted by atomic mass is 79.9. The number of benzene rings is 1. The monoisotopic (exact) mass is 377 g/mol. The van der Waals surface area contributed by atoms with Crippen molar-refractivity contribution < 1.29 is 18.0 Å². The summed E-state index contributed by atoms with van der Waals surface area (Å²) in [5.41, 5.74) is -0.636. The van der Waals surface area contributed by atoms with E-state index in [9.17, 15) is 18.0 Å². The molecule has 112 valence electrons. The first-order valence-corrected chi connectivity index (χ1v) is 7.61. The van der Waals surface area contributed by atoms with Gasteiger partial charge in [-0.15, -0.1) is 11.3 Å². The number of hydrogen-bond acceptors (Lipinski definition) is 2. The van der Waals surface area contributed by atoms with Crippen LogP contribution in [0.5, 0.6) is 0 Å².